The summed E-state index contributed by atoms with van der Waals surface area (Å²) in [5.41, 5.74) is 0.00683. The molecule has 3 nitrogen and oxygen atoms in total. The zero-order chi connectivity index (χ0) is 16.5. The van der Waals surface area contributed by atoms with E-state index in [1.807, 2.05) is 0 Å². The number of benzene rings is 1. The number of Topliss-reactive ketones (excluding diaryl/α,β-unsaturated/α-hetero) is 1. The molecule has 118 valence electrons. The maximum Gasteiger partial charge on any atom is 0.468 e. The smallest absolute Gasteiger partial charge is 0.429 e. The van der Waals surface area contributed by atoms with Gasteiger partial charge in [-0.25, -0.2) is 4.98 Å². The third-order valence-electron chi connectivity index (χ3n) is 3.04. The number of nitrogens with zero attached hydrogens (tertiary/aromatic N) is 1. The molecule has 1 aromatic carbocycles. The Morgan fingerprint density at radius 1 is 1.14 bits per heavy atom. The zero-order valence-corrected chi connectivity index (χ0v) is 12.5. The maximum absolute atomic E-state index is 12.8. The summed E-state index contributed by atoms with van der Waals surface area (Å²) in [5.74, 6) is -2.21. The molecule has 0 spiro atoms. The SMILES string of the molecule is CC(C)(C)c1nc(C(F)(F)F)oc1C(=O)Cc1ccccc1. The fourth-order valence-corrected chi connectivity index (χ4v) is 2.00. The van der Waals surface area contributed by atoms with Crippen molar-refractivity contribution < 1.29 is 22.4 Å². The highest BCUT2D eigenvalue weighted by atomic mass is 19.4. The van der Waals surface area contributed by atoms with E-state index in [-0.39, 0.29) is 17.9 Å². The Morgan fingerprint density at radius 2 is 1.73 bits per heavy atom. The summed E-state index contributed by atoms with van der Waals surface area (Å²) >= 11 is 0. The monoisotopic (exact) mass is 311 g/mol. The molecule has 1 aromatic heterocycles. The van der Waals surface area contributed by atoms with Crippen LogP contribution in [0.25, 0.3) is 0 Å². The molecule has 0 radical (unpaired) electrons. The maximum atomic E-state index is 12.8. The molecule has 6 heteroatoms. The molecule has 1 heterocycles. The Bertz CT molecular complexity index is 667. The number of halogens is 3. The number of rotatable bonds is 3. The number of hydrogen-bond donors (Lipinski definition) is 0. The number of hydrogen-bond acceptors (Lipinski definition) is 3. The highest BCUT2D eigenvalue weighted by Gasteiger charge is 2.41. The highest BCUT2D eigenvalue weighted by molar-refractivity contribution is 5.96. The van der Waals surface area contributed by atoms with Crippen LogP contribution in [-0.4, -0.2) is 10.8 Å². The van der Waals surface area contributed by atoms with Gasteiger partial charge in [0, 0.05) is 11.8 Å². The lowest BCUT2D eigenvalue weighted by Gasteiger charge is -2.15. The van der Waals surface area contributed by atoms with Gasteiger partial charge in [0.05, 0.1) is 5.69 Å². The van der Waals surface area contributed by atoms with Crippen LogP contribution < -0.4 is 0 Å². The molecule has 0 fully saturated rings. The lowest BCUT2D eigenvalue weighted by molar-refractivity contribution is -0.157. The van der Waals surface area contributed by atoms with Crippen molar-refractivity contribution in [3.63, 3.8) is 0 Å². The topological polar surface area (TPSA) is 43.1 Å². The molecule has 0 unspecified atom stereocenters. The van der Waals surface area contributed by atoms with Gasteiger partial charge in [-0.3, -0.25) is 4.79 Å². The van der Waals surface area contributed by atoms with Gasteiger partial charge in [-0.2, -0.15) is 13.2 Å². The summed E-state index contributed by atoms with van der Waals surface area (Å²) in [5, 5.41) is 0. The van der Waals surface area contributed by atoms with Crippen LogP contribution in [-0.2, 0) is 18.0 Å². The van der Waals surface area contributed by atoms with E-state index < -0.39 is 23.3 Å². The summed E-state index contributed by atoms with van der Waals surface area (Å²) in [6.07, 6.45) is -4.75. The number of aromatic nitrogens is 1. The minimum absolute atomic E-state index is 0.0285. The van der Waals surface area contributed by atoms with E-state index in [4.69, 9.17) is 4.42 Å². The largest absolute Gasteiger partial charge is 0.468 e. The summed E-state index contributed by atoms with van der Waals surface area (Å²) in [4.78, 5) is 15.8. The van der Waals surface area contributed by atoms with Crippen LogP contribution >= 0.6 is 0 Å². The van der Waals surface area contributed by atoms with Gasteiger partial charge < -0.3 is 4.42 Å². The van der Waals surface area contributed by atoms with Crippen LogP contribution in [0, 0.1) is 0 Å². The molecule has 2 aromatic rings. The van der Waals surface area contributed by atoms with Gasteiger partial charge in [0.1, 0.15) is 0 Å². The lowest BCUT2D eigenvalue weighted by atomic mass is 9.89. The Labute approximate surface area is 126 Å². The highest BCUT2D eigenvalue weighted by Crippen LogP contribution is 2.34. The third-order valence-corrected chi connectivity index (χ3v) is 3.04. The van der Waals surface area contributed by atoms with E-state index in [0.29, 0.717) is 5.56 Å². The number of ketones is 1. The molecule has 0 aliphatic rings. The Kier molecular flexibility index (Phi) is 4.13. The van der Waals surface area contributed by atoms with E-state index >= 15 is 0 Å². The van der Waals surface area contributed by atoms with Crippen LogP contribution in [0.15, 0.2) is 34.7 Å². The Morgan fingerprint density at radius 3 is 2.23 bits per heavy atom. The average molecular weight is 311 g/mol. The molecular formula is C16H16F3NO2. The van der Waals surface area contributed by atoms with Gasteiger partial charge >= 0.3 is 12.1 Å². The quantitative estimate of drug-likeness (QED) is 0.788. The minimum atomic E-state index is -4.72. The first-order valence-corrected chi connectivity index (χ1v) is 6.74. The van der Waals surface area contributed by atoms with Gasteiger partial charge in [-0.05, 0) is 5.56 Å². The summed E-state index contributed by atoms with van der Waals surface area (Å²) in [6.45, 7) is 5.05. The van der Waals surface area contributed by atoms with E-state index in [1.165, 1.54) is 0 Å². The van der Waals surface area contributed by atoms with Crippen molar-refractivity contribution in [2.24, 2.45) is 0 Å². The van der Waals surface area contributed by atoms with Crippen molar-refractivity contribution in [2.75, 3.05) is 0 Å². The van der Waals surface area contributed by atoms with Crippen LogP contribution in [0.4, 0.5) is 13.2 Å². The Balaban J connectivity index is 2.40. The minimum Gasteiger partial charge on any atom is -0.429 e. The van der Waals surface area contributed by atoms with Gasteiger partial charge in [0.25, 0.3) is 0 Å². The van der Waals surface area contributed by atoms with Crippen LogP contribution in [0.3, 0.4) is 0 Å². The molecule has 0 amide bonds. The second-order valence-corrected chi connectivity index (χ2v) is 6.03. The molecule has 0 saturated heterocycles. The van der Waals surface area contributed by atoms with Crippen molar-refractivity contribution in [2.45, 2.75) is 38.8 Å². The van der Waals surface area contributed by atoms with E-state index in [9.17, 15) is 18.0 Å². The summed E-state index contributed by atoms with van der Waals surface area (Å²) in [6, 6.07) is 8.78. The van der Waals surface area contributed by atoms with Gasteiger partial charge in [0.2, 0.25) is 5.78 Å². The van der Waals surface area contributed by atoms with Crippen molar-refractivity contribution >= 4 is 5.78 Å². The van der Waals surface area contributed by atoms with Crippen LogP contribution in [0.5, 0.6) is 0 Å². The van der Waals surface area contributed by atoms with Crippen molar-refractivity contribution in [3.8, 4) is 0 Å². The first kappa shape index (κ1) is 16.3. The molecule has 0 aliphatic carbocycles. The average Bonchev–Trinajstić information content (AvgIpc) is 2.84. The zero-order valence-electron chi connectivity index (χ0n) is 12.5. The second-order valence-electron chi connectivity index (χ2n) is 6.03. The molecule has 22 heavy (non-hydrogen) atoms. The molecule has 0 atom stereocenters. The Hall–Kier alpha value is -2.11. The second kappa shape index (κ2) is 5.59. The number of alkyl halides is 3. The molecule has 2 rings (SSSR count). The van der Waals surface area contributed by atoms with Gasteiger partial charge in [-0.1, -0.05) is 51.1 Å². The fourth-order valence-electron chi connectivity index (χ4n) is 2.00. The van der Waals surface area contributed by atoms with Crippen molar-refractivity contribution in [3.05, 3.63) is 53.2 Å². The molecule has 0 aliphatic heterocycles. The standard InChI is InChI=1S/C16H16F3NO2/c1-15(2,3)13-12(22-14(20-13)16(17,18)19)11(21)9-10-7-5-4-6-8-10/h4-8H,9H2,1-3H3. The van der Waals surface area contributed by atoms with Crippen LogP contribution in [0.2, 0.25) is 0 Å². The van der Waals surface area contributed by atoms with Crippen molar-refractivity contribution in [1.29, 1.82) is 0 Å². The third kappa shape index (κ3) is 3.55. The summed E-state index contributed by atoms with van der Waals surface area (Å²) in [7, 11) is 0. The first-order valence-electron chi connectivity index (χ1n) is 6.74. The lowest BCUT2D eigenvalue weighted by Crippen LogP contribution is -2.17. The van der Waals surface area contributed by atoms with Gasteiger partial charge in [-0.15, -0.1) is 0 Å². The predicted octanol–water partition coefficient (Wildman–Crippen LogP) is 4.42. The van der Waals surface area contributed by atoms with Crippen molar-refractivity contribution in [1.82, 2.24) is 4.98 Å². The van der Waals surface area contributed by atoms with E-state index in [0.717, 1.165) is 0 Å². The number of carbonyl (C=O) groups is 1. The normalized spacial score (nSPS) is 12.5. The molecule has 0 saturated carbocycles. The predicted molar refractivity (Wildman–Crippen MR) is 74.7 cm³/mol. The molecule has 0 N–H and O–H groups in total. The molecule has 0 bridgehead atoms. The van der Waals surface area contributed by atoms with Crippen LogP contribution in [0.1, 0.15) is 48.5 Å². The van der Waals surface area contributed by atoms with Gasteiger partial charge in [0.15, 0.2) is 5.76 Å². The fraction of sp³-hybridized carbons (Fsp3) is 0.375. The first-order chi connectivity index (χ1) is 10.1. The number of oxazole rings is 1. The molecular weight excluding hydrogens is 295 g/mol. The van der Waals surface area contributed by atoms with E-state index in [2.05, 4.69) is 4.98 Å². The summed E-state index contributed by atoms with van der Waals surface area (Å²) < 4.78 is 43.1. The number of carbonyl (C=O) groups excluding carboxylic acids is 1. The van der Waals surface area contributed by atoms with E-state index in [1.54, 1.807) is 51.1 Å².